The van der Waals surface area contributed by atoms with E-state index in [2.05, 4.69) is 6.92 Å². The SMILES string of the molecule is CCCCN1C=CN(C)C1OS(=O)(=O)CCCCCl. The lowest BCUT2D eigenvalue weighted by Crippen LogP contribution is -2.41. The highest BCUT2D eigenvalue weighted by molar-refractivity contribution is 7.86. The van der Waals surface area contributed by atoms with Gasteiger partial charge in [-0.15, -0.1) is 11.6 Å². The summed E-state index contributed by atoms with van der Waals surface area (Å²) in [6, 6.07) is 0. The van der Waals surface area contributed by atoms with Crippen molar-refractivity contribution in [1.82, 2.24) is 9.80 Å². The van der Waals surface area contributed by atoms with Crippen LogP contribution in [0.15, 0.2) is 12.4 Å². The third kappa shape index (κ3) is 5.58. The Labute approximate surface area is 121 Å². The van der Waals surface area contributed by atoms with Crippen LogP contribution in [0.3, 0.4) is 0 Å². The Morgan fingerprint density at radius 3 is 2.63 bits per heavy atom. The maximum absolute atomic E-state index is 11.9. The van der Waals surface area contributed by atoms with Crippen LogP contribution in [0.25, 0.3) is 0 Å². The second-order valence-corrected chi connectivity index (χ2v) is 6.73. The molecule has 0 spiro atoms. The molecule has 0 aromatic carbocycles. The van der Waals surface area contributed by atoms with Crippen molar-refractivity contribution in [3.05, 3.63) is 12.4 Å². The molecule has 0 amide bonds. The fourth-order valence-electron chi connectivity index (χ4n) is 1.77. The Morgan fingerprint density at radius 1 is 1.26 bits per heavy atom. The molecule has 0 fully saturated rings. The van der Waals surface area contributed by atoms with Gasteiger partial charge in [0.05, 0.1) is 5.75 Å². The van der Waals surface area contributed by atoms with Crippen molar-refractivity contribution in [2.75, 3.05) is 25.2 Å². The van der Waals surface area contributed by atoms with Crippen molar-refractivity contribution >= 4 is 21.7 Å². The number of hydrogen-bond acceptors (Lipinski definition) is 5. The molecule has 0 N–H and O–H groups in total. The van der Waals surface area contributed by atoms with Crippen LogP contribution in [-0.4, -0.2) is 49.8 Å². The summed E-state index contributed by atoms with van der Waals surface area (Å²) in [7, 11) is -1.70. The zero-order valence-corrected chi connectivity index (χ0v) is 13.2. The molecular formula is C12H23ClN2O3S. The monoisotopic (exact) mass is 310 g/mol. The third-order valence-corrected chi connectivity index (χ3v) is 4.43. The summed E-state index contributed by atoms with van der Waals surface area (Å²) >= 11 is 5.54. The van der Waals surface area contributed by atoms with Crippen LogP contribution < -0.4 is 0 Å². The van der Waals surface area contributed by atoms with E-state index in [0.717, 1.165) is 19.4 Å². The van der Waals surface area contributed by atoms with Crippen LogP contribution in [0.1, 0.15) is 32.6 Å². The lowest BCUT2D eigenvalue weighted by molar-refractivity contribution is -0.00883. The van der Waals surface area contributed by atoms with Crippen molar-refractivity contribution in [2.45, 2.75) is 39.0 Å². The zero-order chi connectivity index (χ0) is 14.3. The van der Waals surface area contributed by atoms with E-state index < -0.39 is 16.5 Å². The summed E-state index contributed by atoms with van der Waals surface area (Å²) in [4.78, 5) is 3.66. The molecule has 5 nitrogen and oxygen atoms in total. The van der Waals surface area contributed by atoms with Crippen LogP contribution >= 0.6 is 11.6 Å². The minimum atomic E-state index is -3.51. The Bertz CT molecular complexity index is 386. The Hall–Kier alpha value is -0.460. The first kappa shape index (κ1) is 16.6. The quantitative estimate of drug-likeness (QED) is 0.371. The summed E-state index contributed by atoms with van der Waals surface area (Å²) in [5.74, 6) is 0.495. The van der Waals surface area contributed by atoms with Gasteiger partial charge in [0.25, 0.3) is 10.1 Å². The maximum atomic E-state index is 11.9. The third-order valence-electron chi connectivity index (χ3n) is 2.91. The molecule has 0 saturated carbocycles. The predicted octanol–water partition coefficient (Wildman–Crippen LogP) is 2.15. The number of hydrogen-bond donors (Lipinski definition) is 0. The van der Waals surface area contributed by atoms with E-state index in [1.165, 1.54) is 0 Å². The van der Waals surface area contributed by atoms with E-state index in [0.29, 0.717) is 18.7 Å². The van der Waals surface area contributed by atoms with Gasteiger partial charge in [-0.3, -0.25) is 0 Å². The summed E-state index contributed by atoms with van der Waals surface area (Å²) in [6.07, 6.45) is 6.43. The van der Waals surface area contributed by atoms with Gasteiger partial charge in [-0.1, -0.05) is 13.3 Å². The predicted molar refractivity (Wildman–Crippen MR) is 77.1 cm³/mol. The maximum Gasteiger partial charge on any atom is 0.270 e. The Balaban J connectivity index is 2.52. The van der Waals surface area contributed by atoms with E-state index in [1.807, 2.05) is 17.3 Å². The minimum absolute atomic E-state index is 0.0195. The van der Waals surface area contributed by atoms with Crippen molar-refractivity contribution in [1.29, 1.82) is 0 Å². The first-order valence-electron chi connectivity index (χ1n) is 6.63. The van der Waals surface area contributed by atoms with Gasteiger partial charge in [-0.2, -0.15) is 8.42 Å². The van der Waals surface area contributed by atoms with Crippen molar-refractivity contribution in [2.24, 2.45) is 0 Å². The second-order valence-electron chi connectivity index (χ2n) is 4.64. The van der Waals surface area contributed by atoms with E-state index in [-0.39, 0.29) is 5.75 Å². The van der Waals surface area contributed by atoms with Crippen LogP contribution in [-0.2, 0) is 14.3 Å². The van der Waals surface area contributed by atoms with Crippen LogP contribution in [0, 0.1) is 0 Å². The molecular weight excluding hydrogens is 288 g/mol. The molecule has 19 heavy (non-hydrogen) atoms. The number of halogens is 1. The number of nitrogens with zero attached hydrogens (tertiary/aromatic N) is 2. The van der Waals surface area contributed by atoms with E-state index >= 15 is 0 Å². The largest absolute Gasteiger partial charge is 0.336 e. The molecule has 0 bridgehead atoms. The van der Waals surface area contributed by atoms with E-state index in [4.69, 9.17) is 15.8 Å². The zero-order valence-electron chi connectivity index (χ0n) is 11.6. The molecule has 112 valence electrons. The lowest BCUT2D eigenvalue weighted by atomic mass is 10.3. The van der Waals surface area contributed by atoms with Gasteiger partial charge in [0, 0.05) is 31.9 Å². The molecule has 1 atom stereocenters. The number of alkyl halides is 1. The highest BCUT2D eigenvalue weighted by atomic mass is 35.5. The first-order valence-corrected chi connectivity index (χ1v) is 8.74. The van der Waals surface area contributed by atoms with E-state index in [1.54, 1.807) is 11.9 Å². The standard InChI is InChI=1S/C12H23ClN2O3S/c1-3-4-8-15-10-9-14(2)12(15)18-19(16,17)11-6-5-7-13/h9-10,12H,3-8,11H2,1-2H3. The second kappa shape index (κ2) is 7.97. The van der Waals surface area contributed by atoms with E-state index in [9.17, 15) is 8.42 Å². The van der Waals surface area contributed by atoms with Gasteiger partial charge in [0.2, 0.25) is 6.35 Å². The van der Waals surface area contributed by atoms with Gasteiger partial charge >= 0.3 is 0 Å². The van der Waals surface area contributed by atoms with Gasteiger partial charge < -0.3 is 9.80 Å². The average molecular weight is 311 g/mol. The summed E-state index contributed by atoms with van der Waals surface area (Å²) in [5.41, 5.74) is 0. The van der Waals surface area contributed by atoms with Crippen LogP contribution in [0.5, 0.6) is 0 Å². The van der Waals surface area contributed by atoms with Crippen LogP contribution in [0.4, 0.5) is 0 Å². The Morgan fingerprint density at radius 2 is 2.00 bits per heavy atom. The molecule has 1 rings (SSSR count). The van der Waals surface area contributed by atoms with Crippen LogP contribution in [0.2, 0.25) is 0 Å². The molecule has 7 heteroatoms. The van der Waals surface area contributed by atoms with Gasteiger partial charge in [0.15, 0.2) is 0 Å². The molecule has 0 aromatic heterocycles. The molecule has 1 aliphatic rings. The minimum Gasteiger partial charge on any atom is -0.336 e. The molecule has 0 aromatic rings. The fourth-order valence-corrected chi connectivity index (χ4v) is 3.12. The summed E-state index contributed by atoms with van der Waals surface area (Å²) in [5, 5.41) is 0. The van der Waals surface area contributed by atoms with Crippen molar-refractivity contribution in [3.63, 3.8) is 0 Å². The normalized spacial score (nSPS) is 19.4. The van der Waals surface area contributed by atoms with Gasteiger partial charge in [-0.05, 0) is 19.3 Å². The molecule has 0 radical (unpaired) electrons. The Kier molecular flexibility index (Phi) is 6.96. The smallest absolute Gasteiger partial charge is 0.270 e. The highest BCUT2D eigenvalue weighted by Crippen LogP contribution is 2.18. The van der Waals surface area contributed by atoms with Gasteiger partial charge in [0.1, 0.15) is 0 Å². The molecule has 1 aliphatic heterocycles. The molecule has 0 aliphatic carbocycles. The summed E-state index contributed by atoms with van der Waals surface area (Å²) in [6.45, 7) is 2.89. The number of rotatable bonds is 9. The van der Waals surface area contributed by atoms with Gasteiger partial charge in [-0.25, -0.2) is 4.18 Å². The first-order chi connectivity index (χ1) is 9.00. The van der Waals surface area contributed by atoms with Crippen molar-refractivity contribution < 1.29 is 12.6 Å². The summed E-state index contributed by atoms with van der Waals surface area (Å²) < 4.78 is 29.0. The highest BCUT2D eigenvalue weighted by Gasteiger charge is 2.29. The molecule has 1 unspecified atom stereocenters. The van der Waals surface area contributed by atoms with Crippen molar-refractivity contribution in [3.8, 4) is 0 Å². The number of unbranched alkanes of at least 4 members (excludes halogenated alkanes) is 2. The lowest BCUT2D eigenvalue weighted by Gasteiger charge is -2.29. The topological polar surface area (TPSA) is 49.9 Å². The average Bonchev–Trinajstić information content (AvgIpc) is 2.68. The molecule has 0 saturated heterocycles. The fraction of sp³-hybridized carbons (Fsp3) is 0.833. The molecule has 1 heterocycles.